The molecule has 1 aliphatic rings. The van der Waals surface area contributed by atoms with Crippen molar-refractivity contribution in [3.8, 4) is 11.3 Å². The Kier molecular flexibility index (Phi) is 7.56. The largest absolute Gasteiger partial charge is 0.368 e. The summed E-state index contributed by atoms with van der Waals surface area (Å²) >= 11 is 0. The van der Waals surface area contributed by atoms with Crippen LogP contribution < -0.4 is 4.90 Å². The molecule has 0 radical (unpaired) electrons. The van der Waals surface area contributed by atoms with Crippen molar-refractivity contribution in [2.45, 2.75) is 26.2 Å². The van der Waals surface area contributed by atoms with Gasteiger partial charge in [0.15, 0.2) is 0 Å². The molecule has 0 bridgehead atoms. The minimum atomic E-state index is 0. The molecule has 3 nitrogen and oxygen atoms in total. The molecule has 0 amide bonds. The molecule has 1 fully saturated rings. The quantitative estimate of drug-likeness (QED) is 0.511. The van der Waals surface area contributed by atoms with Gasteiger partial charge in [-0.3, -0.25) is 0 Å². The first kappa shape index (κ1) is 23.5. The Bertz CT molecular complexity index is 940. The summed E-state index contributed by atoms with van der Waals surface area (Å²) in [6.07, 6.45) is 0. The van der Waals surface area contributed by atoms with Crippen LogP contribution in [0.15, 0.2) is 54.6 Å². The minimum absolute atomic E-state index is 0. The van der Waals surface area contributed by atoms with E-state index in [1.54, 1.807) is 0 Å². The normalized spacial score (nSPS) is 15.0. The maximum atomic E-state index is 4.97. The lowest BCUT2D eigenvalue weighted by molar-refractivity contribution is 0.313. The average Bonchev–Trinajstić information content (AvgIpc) is 2.67. The van der Waals surface area contributed by atoms with Gasteiger partial charge in [0.25, 0.3) is 0 Å². The predicted molar refractivity (Wildman–Crippen MR) is 130 cm³/mol. The Morgan fingerprint density at radius 1 is 0.828 bits per heavy atom. The van der Waals surface area contributed by atoms with Crippen LogP contribution in [0.5, 0.6) is 0 Å². The van der Waals surface area contributed by atoms with Gasteiger partial charge in [-0.2, -0.15) is 0 Å². The third-order valence-electron chi connectivity index (χ3n) is 5.58. The molecule has 2 aromatic carbocycles. The highest BCUT2D eigenvalue weighted by Crippen LogP contribution is 2.32. The summed E-state index contributed by atoms with van der Waals surface area (Å²) in [5.74, 6) is 0. The number of piperazine rings is 1. The molecule has 5 heteroatoms. The van der Waals surface area contributed by atoms with Gasteiger partial charge in [0.05, 0.1) is 11.2 Å². The molecule has 156 valence electrons. The topological polar surface area (TPSA) is 19.4 Å². The predicted octanol–water partition coefficient (Wildman–Crippen LogP) is 5.79. The van der Waals surface area contributed by atoms with Crippen molar-refractivity contribution in [1.29, 1.82) is 0 Å². The number of nitrogens with zero attached hydrogens (tertiary/aromatic N) is 3. The van der Waals surface area contributed by atoms with Gasteiger partial charge >= 0.3 is 0 Å². The van der Waals surface area contributed by atoms with Crippen molar-refractivity contribution in [3.63, 3.8) is 0 Å². The fraction of sp³-hybridized carbons (Fsp3) is 0.375. The summed E-state index contributed by atoms with van der Waals surface area (Å²) in [4.78, 5) is 9.88. The van der Waals surface area contributed by atoms with Crippen molar-refractivity contribution in [3.05, 3.63) is 60.2 Å². The van der Waals surface area contributed by atoms with Gasteiger partial charge in [-0.25, -0.2) is 4.98 Å². The van der Waals surface area contributed by atoms with Gasteiger partial charge in [0.1, 0.15) is 0 Å². The summed E-state index contributed by atoms with van der Waals surface area (Å²) in [5, 5.41) is 1.25. The highest BCUT2D eigenvalue weighted by atomic mass is 35.5. The molecule has 1 aliphatic heterocycles. The second-order valence-electron chi connectivity index (χ2n) is 8.66. The Balaban J connectivity index is 0.00000150. The molecule has 4 rings (SSSR count). The third-order valence-corrected chi connectivity index (χ3v) is 5.58. The molecule has 0 unspecified atom stereocenters. The van der Waals surface area contributed by atoms with Crippen LogP contribution in [-0.2, 0) is 5.41 Å². The van der Waals surface area contributed by atoms with Crippen LogP contribution in [-0.4, -0.2) is 43.1 Å². The second kappa shape index (κ2) is 9.34. The molecule has 0 saturated carbocycles. The minimum Gasteiger partial charge on any atom is -0.368 e. The average molecular weight is 432 g/mol. The van der Waals surface area contributed by atoms with Crippen LogP contribution in [0.4, 0.5) is 5.69 Å². The number of benzene rings is 2. The Hall–Kier alpha value is -1.81. The monoisotopic (exact) mass is 431 g/mol. The first-order valence-corrected chi connectivity index (χ1v) is 9.86. The highest BCUT2D eigenvalue weighted by Gasteiger charge is 2.18. The van der Waals surface area contributed by atoms with E-state index < -0.39 is 0 Å². The molecule has 0 atom stereocenters. The van der Waals surface area contributed by atoms with E-state index in [1.165, 1.54) is 22.2 Å². The van der Waals surface area contributed by atoms with Crippen LogP contribution >= 0.6 is 24.8 Å². The highest BCUT2D eigenvalue weighted by molar-refractivity contribution is 5.94. The first-order valence-electron chi connectivity index (χ1n) is 9.86. The molecular weight excluding hydrogens is 401 g/mol. The summed E-state index contributed by atoms with van der Waals surface area (Å²) in [6, 6.07) is 19.7. The van der Waals surface area contributed by atoms with Crippen LogP contribution in [0.3, 0.4) is 0 Å². The zero-order valence-corrected chi connectivity index (χ0v) is 19.3. The van der Waals surface area contributed by atoms with Gasteiger partial charge in [0, 0.05) is 42.8 Å². The number of anilines is 1. The molecule has 29 heavy (non-hydrogen) atoms. The van der Waals surface area contributed by atoms with Gasteiger partial charge in [0.2, 0.25) is 0 Å². The molecule has 0 N–H and O–H groups in total. The van der Waals surface area contributed by atoms with E-state index in [0.717, 1.165) is 37.4 Å². The lowest BCUT2D eigenvalue weighted by Gasteiger charge is -2.34. The van der Waals surface area contributed by atoms with Crippen molar-refractivity contribution in [2.75, 3.05) is 38.1 Å². The van der Waals surface area contributed by atoms with E-state index in [2.05, 4.69) is 92.2 Å². The number of hydrogen-bond acceptors (Lipinski definition) is 3. The number of para-hydroxylation sites is 1. The number of halogens is 2. The number of aromatic nitrogens is 1. The molecular formula is C24H31Cl2N3. The second-order valence-corrected chi connectivity index (χ2v) is 8.66. The maximum absolute atomic E-state index is 4.97. The van der Waals surface area contributed by atoms with Gasteiger partial charge < -0.3 is 9.80 Å². The van der Waals surface area contributed by atoms with Crippen molar-refractivity contribution >= 4 is 41.4 Å². The van der Waals surface area contributed by atoms with E-state index >= 15 is 0 Å². The molecule has 0 spiro atoms. The number of fused-ring (bicyclic) bond motifs is 1. The van der Waals surface area contributed by atoms with Crippen molar-refractivity contribution in [1.82, 2.24) is 9.88 Å². The third kappa shape index (κ3) is 5.03. The Morgan fingerprint density at radius 3 is 2.07 bits per heavy atom. The van der Waals surface area contributed by atoms with Gasteiger partial charge in [-0.05, 0) is 30.2 Å². The lowest BCUT2D eigenvalue weighted by atomic mass is 9.86. The van der Waals surface area contributed by atoms with E-state index in [0.29, 0.717) is 0 Å². The first-order chi connectivity index (χ1) is 12.9. The van der Waals surface area contributed by atoms with E-state index in [1.807, 2.05) is 0 Å². The Morgan fingerprint density at radius 2 is 1.45 bits per heavy atom. The molecule has 2 heterocycles. The van der Waals surface area contributed by atoms with Crippen LogP contribution in [0.25, 0.3) is 22.2 Å². The van der Waals surface area contributed by atoms with Gasteiger partial charge in [-0.1, -0.05) is 63.2 Å². The SMILES string of the molecule is CN1CCN(c2cc(-c3ccc(C(C)(C)C)cc3)nc3ccccc23)CC1.Cl.Cl. The van der Waals surface area contributed by atoms with Crippen LogP contribution in [0.1, 0.15) is 26.3 Å². The summed E-state index contributed by atoms with van der Waals surface area (Å²) in [7, 11) is 2.20. The van der Waals surface area contributed by atoms with Crippen LogP contribution in [0.2, 0.25) is 0 Å². The van der Waals surface area contributed by atoms with E-state index in [9.17, 15) is 0 Å². The summed E-state index contributed by atoms with van der Waals surface area (Å²) in [5.41, 5.74) is 6.14. The fourth-order valence-corrected chi connectivity index (χ4v) is 3.75. The zero-order valence-electron chi connectivity index (χ0n) is 17.7. The number of pyridine rings is 1. The number of hydrogen-bond donors (Lipinski definition) is 0. The molecule has 1 saturated heterocycles. The maximum Gasteiger partial charge on any atom is 0.0730 e. The standard InChI is InChI=1S/C24H29N3.2ClH/c1-24(2,3)19-11-9-18(10-12-19)22-17-23(27-15-13-26(4)14-16-27)20-7-5-6-8-21(20)25-22;;/h5-12,17H,13-16H2,1-4H3;2*1H. The van der Waals surface area contributed by atoms with Crippen LogP contribution in [0, 0.1) is 0 Å². The molecule has 0 aliphatic carbocycles. The summed E-state index contributed by atoms with van der Waals surface area (Å²) < 4.78 is 0. The lowest BCUT2D eigenvalue weighted by Crippen LogP contribution is -2.44. The van der Waals surface area contributed by atoms with E-state index in [-0.39, 0.29) is 30.2 Å². The van der Waals surface area contributed by atoms with Crippen molar-refractivity contribution in [2.24, 2.45) is 0 Å². The zero-order chi connectivity index (χ0) is 19.0. The number of rotatable bonds is 2. The smallest absolute Gasteiger partial charge is 0.0730 e. The van der Waals surface area contributed by atoms with E-state index in [4.69, 9.17) is 4.98 Å². The summed E-state index contributed by atoms with van der Waals surface area (Å²) in [6.45, 7) is 11.1. The molecule has 1 aromatic heterocycles. The fourth-order valence-electron chi connectivity index (χ4n) is 3.75. The van der Waals surface area contributed by atoms with Gasteiger partial charge in [-0.15, -0.1) is 24.8 Å². The van der Waals surface area contributed by atoms with Crippen molar-refractivity contribution < 1.29 is 0 Å². The Labute approximate surface area is 186 Å². The molecule has 3 aromatic rings. The number of likely N-dealkylation sites (N-methyl/N-ethyl adjacent to an activating group) is 1.